The van der Waals surface area contributed by atoms with E-state index in [0.29, 0.717) is 0 Å². The molecule has 1 aliphatic rings. The van der Waals surface area contributed by atoms with Crippen LogP contribution in [0.3, 0.4) is 0 Å². The highest BCUT2D eigenvalue weighted by Crippen LogP contribution is 2.23. The maximum Gasteiger partial charge on any atom is 0.191 e. The molecule has 0 bridgehead atoms. The molecule has 0 aliphatic carbocycles. The maximum absolute atomic E-state index is 4.34. The lowest BCUT2D eigenvalue weighted by Crippen LogP contribution is -2.43. The fourth-order valence-corrected chi connectivity index (χ4v) is 4.50. The van der Waals surface area contributed by atoms with E-state index in [-0.39, 0.29) is 0 Å². The van der Waals surface area contributed by atoms with E-state index in [1.807, 2.05) is 35.3 Å². The molecule has 0 atom stereocenters. The van der Waals surface area contributed by atoms with Gasteiger partial charge in [0.15, 0.2) is 5.96 Å². The first-order valence-electron chi connectivity index (χ1n) is 10.1. The molecule has 29 heavy (non-hydrogen) atoms. The minimum atomic E-state index is 0.850. The van der Waals surface area contributed by atoms with Gasteiger partial charge >= 0.3 is 0 Å². The number of rotatable bonds is 7. The van der Waals surface area contributed by atoms with Crippen LogP contribution in [0.2, 0.25) is 0 Å². The predicted octanol–water partition coefficient (Wildman–Crippen LogP) is 2.70. The summed E-state index contributed by atoms with van der Waals surface area (Å²) in [6, 6.07) is 12.7. The summed E-state index contributed by atoms with van der Waals surface area (Å²) in [4.78, 5) is 8.41. The van der Waals surface area contributed by atoms with Gasteiger partial charge in [-0.15, -0.1) is 11.3 Å². The number of hydrogen-bond donors (Lipinski definition) is 2. The zero-order chi connectivity index (χ0) is 19.9. The molecule has 6 nitrogen and oxygen atoms in total. The minimum Gasteiger partial charge on any atom is -0.356 e. The number of fused-ring (bicyclic) bond motifs is 1. The topological polar surface area (TPSA) is 57.5 Å². The molecular weight excluding hydrogens is 380 g/mol. The number of thiophene rings is 1. The summed E-state index contributed by atoms with van der Waals surface area (Å²) in [6.45, 7) is 5.00. The van der Waals surface area contributed by atoms with E-state index in [4.69, 9.17) is 0 Å². The Morgan fingerprint density at radius 3 is 2.83 bits per heavy atom. The van der Waals surface area contributed by atoms with Crippen molar-refractivity contribution in [3.63, 3.8) is 0 Å². The van der Waals surface area contributed by atoms with Crippen molar-refractivity contribution in [1.29, 1.82) is 0 Å². The average molecular weight is 409 g/mol. The Bertz CT molecular complexity index is 913. The second-order valence-electron chi connectivity index (χ2n) is 7.19. The number of hydrogen-bond acceptors (Lipinski definition) is 4. The molecule has 0 radical (unpaired) electrons. The van der Waals surface area contributed by atoms with Gasteiger partial charge in [-0.2, -0.15) is 5.10 Å². The molecule has 0 saturated carbocycles. The van der Waals surface area contributed by atoms with Gasteiger partial charge in [0.25, 0.3) is 0 Å². The Morgan fingerprint density at radius 1 is 1.17 bits per heavy atom. The van der Waals surface area contributed by atoms with Gasteiger partial charge in [-0.05, 0) is 53.6 Å². The monoisotopic (exact) mass is 408 g/mol. The Morgan fingerprint density at radius 2 is 2.03 bits per heavy atom. The van der Waals surface area contributed by atoms with Crippen molar-refractivity contribution in [2.75, 3.05) is 33.2 Å². The SMILES string of the molecule is CN=C(NCCc1ccc(-n2cccn2)cc1)NCCN1CCc2sccc2C1. The molecule has 0 amide bonds. The number of guanidine groups is 1. The molecule has 3 aromatic rings. The quantitative estimate of drug-likeness (QED) is 0.466. The lowest BCUT2D eigenvalue weighted by Gasteiger charge is -2.27. The van der Waals surface area contributed by atoms with Gasteiger partial charge in [-0.3, -0.25) is 9.89 Å². The van der Waals surface area contributed by atoms with Crippen LogP contribution in [0.25, 0.3) is 5.69 Å². The van der Waals surface area contributed by atoms with Gasteiger partial charge < -0.3 is 10.6 Å². The van der Waals surface area contributed by atoms with Crippen LogP contribution in [-0.2, 0) is 19.4 Å². The highest BCUT2D eigenvalue weighted by atomic mass is 32.1. The van der Waals surface area contributed by atoms with Crippen LogP contribution in [0.5, 0.6) is 0 Å². The van der Waals surface area contributed by atoms with Gasteiger partial charge in [-0.25, -0.2) is 4.68 Å². The third-order valence-electron chi connectivity index (χ3n) is 5.24. The van der Waals surface area contributed by atoms with Crippen molar-refractivity contribution in [2.24, 2.45) is 4.99 Å². The van der Waals surface area contributed by atoms with Gasteiger partial charge in [0.2, 0.25) is 0 Å². The van der Waals surface area contributed by atoms with Crippen LogP contribution in [0.4, 0.5) is 0 Å². The Labute approximate surface area is 176 Å². The van der Waals surface area contributed by atoms with E-state index in [9.17, 15) is 0 Å². The summed E-state index contributed by atoms with van der Waals surface area (Å²) >= 11 is 1.89. The van der Waals surface area contributed by atoms with E-state index in [1.54, 1.807) is 11.1 Å². The second-order valence-corrected chi connectivity index (χ2v) is 8.19. The van der Waals surface area contributed by atoms with Crippen molar-refractivity contribution >= 4 is 17.3 Å². The van der Waals surface area contributed by atoms with Crippen LogP contribution in [0, 0.1) is 0 Å². The molecule has 0 unspecified atom stereocenters. The van der Waals surface area contributed by atoms with Gasteiger partial charge in [-0.1, -0.05) is 12.1 Å². The van der Waals surface area contributed by atoms with Crippen LogP contribution >= 0.6 is 11.3 Å². The zero-order valence-corrected chi connectivity index (χ0v) is 17.7. The number of aliphatic imine (C=N–C) groups is 1. The average Bonchev–Trinajstić information content (AvgIpc) is 3.45. The molecule has 3 heterocycles. The molecule has 4 rings (SSSR count). The van der Waals surface area contributed by atoms with Crippen molar-refractivity contribution in [2.45, 2.75) is 19.4 Å². The molecule has 1 aliphatic heterocycles. The van der Waals surface area contributed by atoms with Crippen LogP contribution in [0.15, 0.2) is 59.2 Å². The highest BCUT2D eigenvalue weighted by molar-refractivity contribution is 7.10. The first-order chi connectivity index (χ1) is 14.3. The van der Waals surface area contributed by atoms with E-state index >= 15 is 0 Å². The van der Waals surface area contributed by atoms with E-state index in [0.717, 1.165) is 50.8 Å². The fraction of sp³-hybridized carbons (Fsp3) is 0.364. The molecule has 2 aromatic heterocycles. The largest absolute Gasteiger partial charge is 0.356 e. The van der Waals surface area contributed by atoms with Crippen LogP contribution in [-0.4, -0.2) is 53.9 Å². The van der Waals surface area contributed by atoms with E-state index in [1.165, 1.54) is 17.5 Å². The number of aromatic nitrogens is 2. The Balaban J connectivity index is 1.16. The van der Waals surface area contributed by atoms with Crippen molar-refractivity contribution in [3.05, 3.63) is 70.2 Å². The first-order valence-corrected chi connectivity index (χ1v) is 11.0. The Kier molecular flexibility index (Phi) is 6.59. The number of nitrogens with zero attached hydrogens (tertiary/aromatic N) is 4. The summed E-state index contributed by atoms with van der Waals surface area (Å²) < 4.78 is 1.87. The van der Waals surface area contributed by atoms with Crippen LogP contribution in [0.1, 0.15) is 16.0 Å². The van der Waals surface area contributed by atoms with Crippen molar-refractivity contribution in [3.8, 4) is 5.69 Å². The third-order valence-corrected chi connectivity index (χ3v) is 6.27. The molecule has 0 saturated heterocycles. The Hall–Kier alpha value is -2.64. The maximum atomic E-state index is 4.34. The zero-order valence-electron chi connectivity index (χ0n) is 16.8. The van der Waals surface area contributed by atoms with E-state index < -0.39 is 0 Å². The lowest BCUT2D eigenvalue weighted by molar-refractivity contribution is 0.260. The second kappa shape index (κ2) is 9.71. The molecule has 152 valence electrons. The highest BCUT2D eigenvalue weighted by Gasteiger charge is 2.16. The summed E-state index contributed by atoms with van der Waals surface area (Å²) in [5, 5.41) is 13.3. The molecule has 1 aromatic carbocycles. The fourth-order valence-electron chi connectivity index (χ4n) is 3.61. The van der Waals surface area contributed by atoms with Gasteiger partial charge in [0.1, 0.15) is 0 Å². The van der Waals surface area contributed by atoms with Gasteiger partial charge in [0.05, 0.1) is 5.69 Å². The molecular formula is C22H28N6S. The normalized spacial score (nSPS) is 14.6. The molecule has 7 heteroatoms. The predicted molar refractivity (Wildman–Crippen MR) is 120 cm³/mol. The molecule has 2 N–H and O–H groups in total. The number of benzene rings is 1. The summed E-state index contributed by atoms with van der Waals surface area (Å²) in [5.74, 6) is 0.867. The smallest absolute Gasteiger partial charge is 0.191 e. The van der Waals surface area contributed by atoms with E-state index in [2.05, 4.69) is 61.3 Å². The van der Waals surface area contributed by atoms with Crippen molar-refractivity contribution < 1.29 is 0 Å². The van der Waals surface area contributed by atoms with Crippen molar-refractivity contribution in [1.82, 2.24) is 25.3 Å². The summed E-state index contributed by atoms with van der Waals surface area (Å²) in [6.07, 6.45) is 5.88. The standard InChI is InChI=1S/C22H28N6S/c1-23-22(25-12-15-27-14-8-21-19(17-27)9-16-29-21)24-11-7-18-3-5-20(6-4-18)28-13-2-10-26-28/h2-6,9-10,13,16H,7-8,11-12,14-15,17H2,1H3,(H2,23,24,25). The molecule has 0 spiro atoms. The van der Waals surface area contributed by atoms with Crippen LogP contribution < -0.4 is 10.6 Å². The number of nitrogens with one attached hydrogen (secondary N) is 2. The summed E-state index contributed by atoms with van der Waals surface area (Å²) in [7, 11) is 1.83. The lowest BCUT2D eigenvalue weighted by atomic mass is 10.1. The minimum absolute atomic E-state index is 0.850. The van der Waals surface area contributed by atoms with Gasteiger partial charge in [0, 0.05) is 57.0 Å². The molecule has 0 fully saturated rings. The first kappa shape index (κ1) is 19.7. The summed E-state index contributed by atoms with van der Waals surface area (Å²) in [5.41, 5.74) is 3.88. The third kappa shape index (κ3) is 5.25.